The molecule has 2 aliphatic rings. The van der Waals surface area contributed by atoms with E-state index in [0.29, 0.717) is 6.61 Å². The molecule has 1 saturated heterocycles. The number of hydrogen-bond acceptors (Lipinski definition) is 4. The van der Waals surface area contributed by atoms with Gasteiger partial charge in [-0.1, -0.05) is 23.9 Å². The first-order valence-electron chi connectivity index (χ1n) is 7.52. The minimum atomic E-state index is -0.298. The lowest BCUT2D eigenvalue weighted by Gasteiger charge is -2.10. The maximum Gasteiger partial charge on any atom is 0.253 e. The van der Waals surface area contributed by atoms with Gasteiger partial charge in [-0.05, 0) is 25.0 Å². The number of fused-ring (bicyclic) bond motifs is 1. The van der Waals surface area contributed by atoms with Crippen LogP contribution in [0.25, 0.3) is 11.3 Å². The van der Waals surface area contributed by atoms with Gasteiger partial charge in [-0.2, -0.15) is 0 Å². The predicted molar refractivity (Wildman–Crippen MR) is 86.0 cm³/mol. The van der Waals surface area contributed by atoms with Crippen LogP contribution in [-0.2, 0) is 16.1 Å². The van der Waals surface area contributed by atoms with Crippen molar-refractivity contribution < 1.29 is 9.53 Å². The summed E-state index contributed by atoms with van der Waals surface area (Å²) in [6, 6.07) is 7.82. The Balaban J connectivity index is 1.46. The average Bonchev–Trinajstić information content (AvgIpc) is 3.24. The Kier molecular flexibility index (Phi) is 3.63. The monoisotopic (exact) mass is 315 g/mol. The van der Waals surface area contributed by atoms with Gasteiger partial charge in [0.05, 0.1) is 5.69 Å². The van der Waals surface area contributed by atoms with E-state index in [-0.39, 0.29) is 12.0 Å². The molecule has 0 radical (unpaired) electrons. The van der Waals surface area contributed by atoms with Crippen molar-refractivity contribution in [3.63, 3.8) is 0 Å². The lowest BCUT2D eigenvalue weighted by molar-refractivity contribution is -0.124. The van der Waals surface area contributed by atoms with Crippen molar-refractivity contribution >= 4 is 23.4 Å². The first-order valence-corrected chi connectivity index (χ1v) is 8.51. The van der Waals surface area contributed by atoms with Crippen molar-refractivity contribution in [2.75, 3.05) is 17.7 Å². The number of hydrogen-bond donors (Lipinski definition) is 1. The van der Waals surface area contributed by atoms with Crippen LogP contribution in [0.5, 0.6) is 0 Å². The van der Waals surface area contributed by atoms with Gasteiger partial charge >= 0.3 is 0 Å². The standard InChI is InChI=1S/C16H17N3O2S/c20-15(14-2-1-8-21-14)17-12-5-3-11(4-6-12)13-10-19-7-9-22-16(19)18-13/h3-6,10,14H,1-2,7-9H2,(H,17,20). The molecule has 1 atom stereocenters. The molecule has 0 bridgehead atoms. The highest BCUT2D eigenvalue weighted by Gasteiger charge is 2.23. The minimum Gasteiger partial charge on any atom is -0.368 e. The quantitative estimate of drug-likeness (QED) is 0.946. The molecule has 1 amide bonds. The van der Waals surface area contributed by atoms with E-state index in [1.807, 2.05) is 24.3 Å². The molecule has 0 saturated carbocycles. The highest BCUT2D eigenvalue weighted by atomic mass is 32.2. The Labute approximate surface area is 133 Å². The summed E-state index contributed by atoms with van der Waals surface area (Å²) in [5, 5.41) is 4.00. The second kappa shape index (κ2) is 5.78. The Hall–Kier alpha value is -1.79. The fraction of sp³-hybridized carbons (Fsp3) is 0.375. The van der Waals surface area contributed by atoms with Crippen molar-refractivity contribution in [1.82, 2.24) is 9.55 Å². The zero-order valence-corrected chi connectivity index (χ0v) is 12.9. The van der Waals surface area contributed by atoms with Crippen LogP contribution >= 0.6 is 11.8 Å². The first-order chi connectivity index (χ1) is 10.8. The third kappa shape index (κ3) is 2.64. The molecule has 6 heteroatoms. The number of ether oxygens (including phenoxy) is 1. The third-order valence-corrected chi connectivity index (χ3v) is 4.94. The SMILES string of the molecule is O=C(Nc1ccc(-c2cn3c(n2)SCC3)cc1)C1CCCO1. The number of nitrogens with zero attached hydrogens (tertiary/aromatic N) is 2. The molecule has 0 aliphatic carbocycles. The second-order valence-corrected chi connectivity index (χ2v) is 6.58. The van der Waals surface area contributed by atoms with Crippen molar-refractivity contribution in [2.45, 2.75) is 30.6 Å². The summed E-state index contributed by atoms with van der Waals surface area (Å²) in [6.07, 6.45) is 3.56. The fourth-order valence-corrected chi connectivity index (χ4v) is 3.72. The molecule has 1 unspecified atom stereocenters. The summed E-state index contributed by atoms with van der Waals surface area (Å²) in [6.45, 7) is 1.71. The Morgan fingerprint density at radius 1 is 1.36 bits per heavy atom. The summed E-state index contributed by atoms with van der Waals surface area (Å²) in [5.41, 5.74) is 2.85. The van der Waals surface area contributed by atoms with Crippen molar-refractivity contribution in [1.29, 1.82) is 0 Å². The van der Waals surface area contributed by atoms with E-state index < -0.39 is 0 Å². The summed E-state index contributed by atoms with van der Waals surface area (Å²) >= 11 is 1.79. The van der Waals surface area contributed by atoms with Crippen LogP contribution in [-0.4, -0.2) is 33.9 Å². The molecule has 2 aromatic rings. The van der Waals surface area contributed by atoms with Crippen molar-refractivity contribution in [3.05, 3.63) is 30.5 Å². The fourth-order valence-electron chi connectivity index (χ4n) is 2.78. The molecular weight excluding hydrogens is 298 g/mol. The lowest BCUT2D eigenvalue weighted by Crippen LogP contribution is -2.26. The maximum atomic E-state index is 12.0. The number of thioether (sulfide) groups is 1. The maximum absolute atomic E-state index is 12.0. The van der Waals surface area contributed by atoms with E-state index in [9.17, 15) is 4.79 Å². The van der Waals surface area contributed by atoms with Crippen LogP contribution in [0.4, 0.5) is 5.69 Å². The highest BCUT2D eigenvalue weighted by molar-refractivity contribution is 7.99. The number of carbonyl (C=O) groups is 1. The number of benzene rings is 1. The minimum absolute atomic E-state index is 0.0531. The van der Waals surface area contributed by atoms with E-state index in [1.165, 1.54) is 0 Å². The van der Waals surface area contributed by atoms with Crippen LogP contribution < -0.4 is 5.32 Å². The molecule has 0 spiro atoms. The van der Waals surface area contributed by atoms with Crippen LogP contribution in [0.1, 0.15) is 12.8 Å². The molecule has 4 rings (SSSR count). The van der Waals surface area contributed by atoms with Gasteiger partial charge in [0.2, 0.25) is 0 Å². The van der Waals surface area contributed by atoms with Crippen molar-refractivity contribution in [2.24, 2.45) is 0 Å². The summed E-state index contributed by atoms with van der Waals surface area (Å²) in [4.78, 5) is 16.6. The summed E-state index contributed by atoms with van der Waals surface area (Å²) in [7, 11) is 0. The van der Waals surface area contributed by atoms with E-state index in [4.69, 9.17) is 4.74 Å². The van der Waals surface area contributed by atoms with E-state index in [2.05, 4.69) is 21.1 Å². The largest absolute Gasteiger partial charge is 0.368 e. The molecule has 114 valence electrons. The molecular formula is C16H17N3O2S. The number of aryl methyl sites for hydroxylation is 1. The average molecular weight is 315 g/mol. The lowest BCUT2D eigenvalue weighted by atomic mass is 10.1. The van der Waals surface area contributed by atoms with Crippen LogP contribution in [0.2, 0.25) is 0 Å². The number of aromatic nitrogens is 2. The molecule has 1 fully saturated rings. The Bertz CT molecular complexity index is 668. The molecule has 2 aliphatic heterocycles. The van der Waals surface area contributed by atoms with Gasteiger partial charge in [-0.25, -0.2) is 4.98 Å². The van der Waals surface area contributed by atoms with Gasteiger partial charge in [0.15, 0.2) is 5.16 Å². The number of imidazole rings is 1. The van der Waals surface area contributed by atoms with Gasteiger partial charge < -0.3 is 14.6 Å². The molecule has 1 aromatic heterocycles. The number of carbonyl (C=O) groups excluding carboxylic acids is 1. The van der Waals surface area contributed by atoms with Gasteiger partial charge in [0.25, 0.3) is 5.91 Å². The smallest absolute Gasteiger partial charge is 0.253 e. The Morgan fingerprint density at radius 2 is 2.23 bits per heavy atom. The van der Waals surface area contributed by atoms with Crippen LogP contribution in [0, 0.1) is 0 Å². The zero-order valence-electron chi connectivity index (χ0n) is 12.1. The molecule has 22 heavy (non-hydrogen) atoms. The van der Waals surface area contributed by atoms with Crippen LogP contribution in [0.15, 0.2) is 35.6 Å². The third-order valence-electron chi connectivity index (χ3n) is 3.97. The van der Waals surface area contributed by atoms with E-state index >= 15 is 0 Å². The van der Waals surface area contributed by atoms with Gasteiger partial charge in [-0.15, -0.1) is 0 Å². The number of rotatable bonds is 3. The molecule has 5 nitrogen and oxygen atoms in total. The number of nitrogens with one attached hydrogen (secondary N) is 1. The van der Waals surface area contributed by atoms with Gasteiger partial charge in [0.1, 0.15) is 6.10 Å². The van der Waals surface area contributed by atoms with Gasteiger partial charge in [0, 0.05) is 36.4 Å². The zero-order chi connectivity index (χ0) is 14.9. The topological polar surface area (TPSA) is 56.2 Å². The highest BCUT2D eigenvalue weighted by Crippen LogP contribution is 2.29. The van der Waals surface area contributed by atoms with E-state index in [1.54, 1.807) is 11.8 Å². The number of anilines is 1. The Morgan fingerprint density at radius 3 is 2.95 bits per heavy atom. The summed E-state index contributed by atoms with van der Waals surface area (Å²) in [5.74, 6) is 1.05. The molecule has 1 N–H and O–H groups in total. The van der Waals surface area contributed by atoms with Gasteiger partial charge in [-0.3, -0.25) is 4.79 Å². The first kappa shape index (κ1) is 13.8. The predicted octanol–water partition coefficient (Wildman–Crippen LogP) is 2.77. The normalized spacial score (nSPS) is 20.1. The number of amides is 1. The van der Waals surface area contributed by atoms with Crippen LogP contribution in [0.3, 0.4) is 0 Å². The van der Waals surface area contributed by atoms with E-state index in [0.717, 1.165) is 47.2 Å². The molecule has 1 aromatic carbocycles. The summed E-state index contributed by atoms with van der Waals surface area (Å²) < 4.78 is 7.58. The second-order valence-electron chi connectivity index (χ2n) is 5.52. The molecule has 3 heterocycles. The van der Waals surface area contributed by atoms with Crippen molar-refractivity contribution in [3.8, 4) is 11.3 Å².